The SMILES string of the molecule is N[C@H](c1ccc(F)cc1)c1nc(-c2cccc([N+](=O)[O-])c2)n[nH]1. The fourth-order valence-electron chi connectivity index (χ4n) is 2.13. The third-order valence-corrected chi connectivity index (χ3v) is 3.34. The van der Waals surface area contributed by atoms with Crippen LogP contribution in [0.15, 0.2) is 48.5 Å². The molecule has 116 valence electrons. The van der Waals surface area contributed by atoms with Gasteiger partial charge in [0.1, 0.15) is 11.6 Å². The van der Waals surface area contributed by atoms with E-state index in [0.717, 1.165) is 0 Å². The number of hydrogen-bond acceptors (Lipinski definition) is 5. The maximum absolute atomic E-state index is 12.9. The van der Waals surface area contributed by atoms with Crippen LogP contribution in [0.4, 0.5) is 10.1 Å². The van der Waals surface area contributed by atoms with Gasteiger partial charge in [-0.25, -0.2) is 9.37 Å². The van der Waals surface area contributed by atoms with Crippen molar-refractivity contribution < 1.29 is 9.31 Å². The zero-order valence-corrected chi connectivity index (χ0v) is 11.8. The van der Waals surface area contributed by atoms with Crippen molar-refractivity contribution in [2.75, 3.05) is 0 Å². The monoisotopic (exact) mass is 313 g/mol. The van der Waals surface area contributed by atoms with Crippen molar-refractivity contribution in [1.29, 1.82) is 0 Å². The van der Waals surface area contributed by atoms with E-state index in [-0.39, 0.29) is 11.5 Å². The number of nitro benzene ring substituents is 1. The van der Waals surface area contributed by atoms with Gasteiger partial charge in [-0.2, -0.15) is 5.10 Å². The summed E-state index contributed by atoms with van der Waals surface area (Å²) >= 11 is 0. The second-order valence-electron chi connectivity index (χ2n) is 4.88. The van der Waals surface area contributed by atoms with Crippen molar-refractivity contribution in [3.8, 4) is 11.4 Å². The maximum Gasteiger partial charge on any atom is 0.270 e. The van der Waals surface area contributed by atoms with Gasteiger partial charge in [0.2, 0.25) is 0 Å². The zero-order chi connectivity index (χ0) is 16.4. The van der Waals surface area contributed by atoms with Gasteiger partial charge in [0.15, 0.2) is 5.82 Å². The smallest absolute Gasteiger partial charge is 0.270 e. The van der Waals surface area contributed by atoms with Crippen LogP contribution in [0, 0.1) is 15.9 Å². The third kappa shape index (κ3) is 3.06. The van der Waals surface area contributed by atoms with E-state index in [0.29, 0.717) is 22.8 Å². The van der Waals surface area contributed by atoms with Crippen molar-refractivity contribution in [3.63, 3.8) is 0 Å². The molecule has 0 unspecified atom stereocenters. The molecule has 0 spiro atoms. The summed E-state index contributed by atoms with van der Waals surface area (Å²) in [6, 6.07) is 11.2. The molecular formula is C15H12FN5O2. The number of halogens is 1. The van der Waals surface area contributed by atoms with Crippen LogP contribution in [0.1, 0.15) is 17.4 Å². The molecule has 0 aliphatic heterocycles. The molecule has 0 saturated heterocycles. The Morgan fingerprint density at radius 1 is 1.22 bits per heavy atom. The minimum Gasteiger partial charge on any atom is -0.318 e. The molecule has 2 aromatic carbocycles. The number of nitrogens with zero attached hydrogens (tertiary/aromatic N) is 3. The number of H-pyrrole nitrogens is 1. The minimum absolute atomic E-state index is 0.0447. The standard InChI is InChI=1S/C15H12FN5O2/c16-11-6-4-9(5-7-11)13(17)15-18-14(19-20-15)10-2-1-3-12(8-10)21(22)23/h1-8,13H,17H2,(H,18,19,20)/t13-/m1/s1. The Labute approximate surface area is 130 Å². The van der Waals surface area contributed by atoms with Crippen LogP contribution in [0.5, 0.6) is 0 Å². The highest BCUT2D eigenvalue weighted by Gasteiger charge is 2.16. The van der Waals surface area contributed by atoms with E-state index in [1.165, 1.54) is 24.3 Å². The highest BCUT2D eigenvalue weighted by atomic mass is 19.1. The lowest BCUT2D eigenvalue weighted by Gasteiger charge is -2.07. The highest BCUT2D eigenvalue weighted by molar-refractivity contribution is 5.58. The summed E-state index contributed by atoms with van der Waals surface area (Å²) in [6.45, 7) is 0. The number of rotatable bonds is 4. The van der Waals surface area contributed by atoms with E-state index < -0.39 is 11.0 Å². The summed E-state index contributed by atoms with van der Waals surface area (Å²) in [7, 11) is 0. The molecule has 1 heterocycles. The van der Waals surface area contributed by atoms with E-state index in [9.17, 15) is 14.5 Å². The lowest BCUT2D eigenvalue weighted by atomic mass is 10.1. The molecule has 3 N–H and O–H groups in total. The summed E-state index contributed by atoms with van der Waals surface area (Å²) in [5.74, 6) is 0.343. The van der Waals surface area contributed by atoms with Gasteiger partial charge in [0.05, 0.1) is 11.0 Å². The van der Waals surface area contributed by atoms with Crippen molar-refractivity contribution in [3.05, 3.63) is 75.9 Å². The van der Waals surface area contributed by atoms with Crippen molar-refractivity contribution in [2.45, 2.75) is 6.04 Å². The number of non-ortho nitro benzene ring substituents is 1. The normalized spacial score (nSPS) is 12.1. The maximum atomic E-state index is 12.9. The first kappa shape index (κ1) is 14.8. The molecule has 0 radical (unpaired) electrons. The predicted octanol–water partition coefficient (Wildman–Crippen LogP) is 2.57. The molecule has 3 aromatic rings. The molecule has 0 fully saturated rings. The third-order valence-electron chi connectivity index (χ3n) is 3.34. The second-order valence-corrected chi connectivity index (χ2v) is 4.88. The number of nitrogens with one attached hydrogen (secondary N) is 1. The molecule has 1 aromatic heterocycles. The van der Waals surface area contributed by atoms with Gasteiger partial charge in [-0.3, -0.25) is 15.2 Å². The fourth-order valence-corrected chi connectivity index (χ4v) is 2.13. The highest BCUT2D eigenvalue weighted by Crippen LogP contribution is 2.23. The van der Waals surface area contributed by atoms with Crippen LogP contribution in [0.3, 0.4) is 0 Å². The number of nitrogens with two attached hydrogens (primary N) is 1. The first-order valence-electron chi connectivity index (χ1n) is 6.73. The Morgan fingerprint density at radius 3 is 2.65 bits per heavy atom. The number of benzene rings is 2. The van der Waals surface area contributed by atoms with Crippen LogP contribution in [-0.4, -0.2) is 20.1 Å². The van der Waals surface area contributed by atoms with E-state index in [1.54, 1.807) is 24.3 Å². The Balaban J connectivity index is 1.89. The van der Waals surface area contributed by atoms with Gasteiger partial charge >= 0.3 is 0 Å². The average molecular weight is 313 g/mol. The van der Waals surface area contributed by atoms with E-state index >= 15 is 0 Å². The summed E-state index contributed by atoms with van der Waals surface area (Å²) in [4.78, 5) is 14.6. The van der Waals surface area contributed by atoms with Crippen LogP contribution >= 0.6 is 0 Å². The molecule has 3 rings (SSSR count). The number of aromatic amines is 1. The first-order valence-corrected chi connectivity index (χ1v) is 6.73. The Hall–Kier alpha value is -3.13. The van der Waals surface area contributed by atoms with Crippen LogP contribution in [-0.2, 0) is 0 Å². The summed E-state index contributed by atoms with van der Waals surface area (Å²) < 4.78 is 12.9. The molecule has 23 heavy (non-hydrogen) atoms. The fraction of sp³-hybridized carbons (Fsp3) is 0.0667. The lowest BCUT2D eigenvalue weighted by molar-refractivity contribution is -0.384. The van der Waals surface area contributed by atoms with Gasteiger partial charge in [-0.15, -0.1) is 0 Å². The van der Waals surface area contributed by atoms with E-state index in [1.807, 2.05) is 0 Å². The summed E-state index contributed by atoms with van der Waals surface area (Å²) in [5.41, 5.74) is 7.21. The average Bonchev–Trinajstić information content (AvgIpc) is 3.05. The molecular weight excluding hydrogens is 301 g/mol. The van der Waals surface area contributed by atoms with Gasteiger partial charge in [0.25, 0.3) is 5.69 Å². The predicted molar refractivity (Wildman–Crippen MR) is 80.9 cm³/mol. The van der Waals surface area contributed by atoms with Crippen LogP contribution < -0.4 is 5.73 Å². The topological polar surface area (TPSA) is 111 Å². The molecule has 0 aliphatic rings. The van der Waals surface area contributed by atoms with Gasteiger partial charge in [-0.1, -0.05) is 24.3 Å². The Bertz CT molecular complexity index is 847. The van der Waals surface area contributed by atoms with E-state index in [2.05, 4.69) is 15.2 Å². The van der Waals surface area contributed by atoms with Gasteiger partial charge in [-0.05, 0) is 17.7 Å². The van der Waals surface area contributed by atoms with Crippen molar-refractivity contribution in [1.82, 2.24) is 15.2 Å². The lowest BCUT2D eigenvalue weighted by Crippen LogP contribution is -2.13. The number of nitro groups is 1. The quantitative estimate of drug-likeness (QED) is 0.568. The Kier molecular flexibility index (Phi) is 3.82. The Morgan fingerprint density at radius 2 is 1.96 bits per heavy atom. The van der Waals surface area contributed by atoms with Crippen LogP contribution in [0.25, 0.3) is 11.4 Å². The molecule has 0 saturated carbocycles. The first-order chi connectivity index (χ1) is 11.0. The largest absolute Gasteiger partial charge is 0.318 e. The zero-order valence-electron chi connectivity index (χ0n) is 11.8. The van der Waals surface area contributed by atoms with E-state index in [4.69, 9.17) is 5.73 Å². The molecule has 0 bridgehead atoms. The molecule has 7 nitrogen and oxygen atoms in total. The van der Waals surface area contributed by atoms with Crippen LogP contribution in [0.2, 0.25) is 0 Å². The minimum atomic E-state index is -0.601. The molecule has 0 amide bonds. The number of hydrogen-bond donors (Lipinski definition) is 2. The van der Waals surface area contributed by atoms with Crippen molar-refractivity contribution >= 4 is 5.69 Å². The number of aromatic nitrogens is 3. The summed E-state index contributed by atoms with van der Waals surface area (Å²) in [6.07, 6.45) is 0. The van der Waals surface area contributed by atoms with Gasteiger partial charge < -0.3 is 5.73 Å². The summed E-state index contributed by atoms with van der Waals surface area (Å²) in [5, 5.41) is 17.6. The van der Waals surface area contributed by atoms with Crippen molar-refractivity contribution in [2.24, 2.45) is 5.73 Å². The molecule has 0 aliphatic carbocycles. The van der Waals surface area contributed by atoms with Gasteiger partial charge in [0, 0.05) is 17.7 Å². The molecule has 8 heteroatoms. The second kappa shape index (κ2) is 5.93. The molecule has 1 atom stereocenters.